The molecule has 0 atom stereocenters. The van der Waals surface area contributed by atoms with Crippen molar-refractivity contribution in [2.75, 3.05) is 0 Å². The molecule has 0 saturated carbocycles. The quantitative estimate of drug-likeness (QED) is 0.246. The number of tetrazole rings is 1. The lowest BCUT2D eigenvalue weighted by Crippen LogP contribution is -2.23. The van der Waals surface area contributed by atoms with Gasteiger partial charge in [0.05, 0.1) is 5.69 Å². The van der Waals surface area contributed by atoms with Gasteiger partial charge in [0.25, 0.3) is 0 Å². The number of hydrogen-bond acceptors (Lipinski definition) is 7. The maximum Gasteiger partial charge on any atom is 0.368 e. The molecule has 2 rings (SSSR count). The number of halogens is 1. The van der Waals surface area contributed by atoms with Gasteiger partial charge in [0.15, 0.2) is 0 Å². The standard InChI is InChI=1S/C12H13IN6O2S/c1-18-12(20)19(17-16-18)10-4-2-3-9(13)8(10)7-22-11(15-21)5-6-14/h2-6,21H,7,14H2,1H3/b6-5-,15-11+. The first-order valence-electron chi connectivity index (χ1n) is 6.08. The fraction of sp³-hybridized carbons (Fsp3) is 0.167. The van der Waals surface area contributed by atoms with E-state index in [1.54, 1.807) is 6.07 Å². The van der Waals surface area contributed by atoms with E-state index in [1.807, 2.05) is 12.1 Å². The van der Waals surface area contributed by atoms with Crippen LogP contribution in [0.3, 0.4) is 0 Å². The molecule has 0 bridgehead atoms. The molecule has 10 heteroatoms. The number of nitrogens with zero attached hydrogens (tertiary/aromatic N) is 5. The number of thioether (sulfide) groups is 1. The number of hydrogen-bond donors (Lipinski definition) is 2. The molecule has 0 saturated heterocycles. The van der Waals surface area contributed by atoms with Gasteiger partial charge in [-0.25, -0.2) is 4.79 Å². The Bertz CT molecular complexity index is 782. The predicted molar refractivity (Wildman–Crippen MR) is 93.2 cm³/mol. The van der Waals surface area contributed by atoms with Crippen molar-refractivity contribution in [3.63, 3.8) is 0 Å². The van der Waals surface area contributed by atoms with E-state index in [-0.39, 0.29) is 5.69 Å². The first-order chi connectivity index (χ1) is 10.6. The van der Waals surface area contributed by atoms with Gasteiger partial charge >= 0.3 is 5.69 Å². The zero-order chi connectivity index (χ0) is 16.1. The molecule has 1 aromatic heterocycles. The van der Waals surface area contributed by atoms with E-state index in [1.165, 1.54) is 35.8 Å². The third-order valence-corrected chi connectivity index (χ3v) is 4.70. The Morgan fingerprint density at radius 3 is 2.91 bits per heavy atom. The van der Waals surface area contributed by atoms with Crippen molar-refractivity contribution < 1.29 is 5.21 Å². The molecule has 0 radical (unpaired) electrons. The van der Waals surface area contributed by atoms with Crippen molar-refractivity contribution in [3.8, 4) is 5.69 Å². The Morgan fingerprint density at radius 2 is 2.32 bits per heavy atom. The predicted octanol–water partition coefficient (Wildman–Crippen LogP) is 1.06. The molecule has 0 amide bonds. The van der Waals surface area contributed by atoms with Gasteiger partial charge in [-0.3, -0.25) is 0 Å². The maximum absolute atomic E-state index is 12.0. The van der Waals surface area contributed by atoms with Crippen molar-refractivity contribution in [1.82, 2.24) is 19.8 Å². The van der Waals surface area contributed by atoms with Crippen LogP contribution < -0.4 is 11.4 Å². The largest absolute Gasteiger partial charge is 0.410 e. The van der Waals surface area contributed by atoms with Crippen LogP contribution in [-0.2, 0) is 12.8 Å². The fourth-order valence-corrected chi connectivity index (χ4v) is 3.45. The Balaban J connectivity index is 2.40. The summed E-state index contributed by atoms with van der Waals surface area (Å²) in [6.07, 6.45) is 2.79. The lowest BCUT2D eigenvalue weighted by molar-refractivity contribution is 0.321. The molecule has 0 fully saturated rings. The molecule has 2 aromatic rings. The van der Waals surface area contributed by atoms with Crippen molar-refractivity contribution >= 4 is 39.4 Å². The number of rotatable bonds is 4. The lowest BCUT2D eigenvalue weighted by atomic mass is 10.2. The molecule has 0 aliphatic carbocycles. The van der Waals surface area contributed by atoms with Gasteiger partial charge in [-0.05, 0) is 57.4 Å². The van der Waals surface area contributed by atoms with Crippen molar-refractivity contribution in [2.24, 2.45) is 17.9 Å². The van der Waals surface area contributed by atoms with Crippen LogP contribution in [0.1, 0.15) is 5.56 Å². The van der Waals surface area contributed by atoms with E-state index in [0.29, 0.717) is 16.5 Å². The van der Waals surface area contributed by atoms with Crippen LogP contribution in [0.4, 0.5) is 0 Å². The van der Waals surface area contributed by atoms with E-state index in [2.05, 4.69) is 38.2 Å². The maximum atomic E-state index is 12.0. The summed E-state index contributed by atoms with van der Waals surface area (Å²) in [7, 11) is 1.54. The minimum absolute atomic E-state index is 0.328. The minimum Gasteiger partial charge on any atom is -0.410 e. The summed E-state index contributed by atoms with van der Waals surface area (Å²) in [6, 6.07) is 5.56. The summed E-state index contributed by atoms with van der Waals surface area (Å²) in [5, 5.41) is 20.0. The molecule has 1 aromatic carbocycles. The SMILES string of the molecule is Cn1nnn(-c2cccc(I)c2CSC(/C=C\N)=N/O)c1=O. The number of aromatic nitrogens is 4. The van der Waals surface area contributed by atoms with Crippen molar-refractivity contribution in [3.05, 3.63) is 50.1 Å². The molecule has 1 heterocycles. The van der Waals surface area contributed by atoms with Crippen LogP contribution in [0.5, 0.6) is 0 Å². The second-order valence-electron chi connectivity index (χ2n) is 4.12. The van der Waals surface area contributed by atoms with Gasteiger partial charge in [0, 0.05) is 21.9 Å². The molecule has 3 N–H and O–H groups in total. The van der Waals surface area contributed by atoms with E-state index in [4.69, 9.17) is 10.9 Å². The van der Waals surface area contributed by atoms with Crippen LogP contribution in [0.2, 0.25) is 0 Å². The van der Waals surface area contributed by atoms with Gasteiger partial charge in [-0.1, -0.05) is 23.0 Å². The number of benzene rings is 1. The third-order valence-electron chi connectivity index (χ3n) is 2.75. The molecular formula is C12H13IN6O2S. The summed E-state index contributed by atoms with van der Waals surface area (Å²) in [5.74, 6) is 0.487. The first kappa shape index (κ1) is 16.5. The highest BCUT2D eigenvalue weighted by Crippen LogP contribution is 2.25. The summed E-state index contributed by atoms with van der Waals surface area (Å²) in [4.78, 5) is 12.0. The Morgan fingerprint density at radius 1 is 1.55 bits per heavy atom. The number of nitrogens with two attached hydrogens (primary N) is 1. The van der Waals surface area contributed by atoms with Crippen LogP contribution in [0.15, 0.2) is 40.4 Å². The molecule has 0 aliphatic heterocycles. The highest BCUT2D eigenvalue weighted by Gasteiger charge is 2.14. The Labute approximate surface area is 143 Å². The summed E-state index contributed by atoms with van der Waals surface area (Å²) >= 11 is 3.48. The second kappa shape index (κ2) is 7.45. The zero-order valence-electron chi connectivity index (χ0n) is 11.5. The first-order valence-corrected chi connectivity index (χ1v) is 8.14. The summed E-state index contributed by atoms with van der Waals surface area (Å²) in [5.41, 5.74) is 6.50. The molecular weight excluding hydrogens is 419 g/mol. The van der Waals surface area contributed by atoms with Crippen LogP contribution >= 0.6 is 34.4 Å². The Hall–Kier alpha value is -1.82. The smallest absolute Gasteiger partial charge is 0.368 e. The van der Waals surface area contributed by atoms with Gasteiger partial charge < -0.3 is 10.9 Å². The number of oxime groups is 1. The van der Waals surface area contributed by atoms with Gasteiger partial charge in [-0.2, -0.15) is 9.36 Å². The molecule has 116 valence electrons. The summed E-state index contributed by atoms with van der Waals surface area (Å²) in [6.45, 7) is 0. The monoisotopic (exact) mass is 432 g/mol. The van der Waals surface area contributed by atoms with E-state index in [0.717, 1.165) is 13.8 Å². The highest BCUT2D eigenvalue weighted by atomic mass is 127. The van der Waals surface area contributed by atoms with Crippen molar-refractivity contribution in [2.45, 2.75) is 5.75 Å². The summed E-state index contributed by atoms with van der Waals surface area (Å²) < 4.78 is 3.37. The minimum atomic E-state index is -0.328. The molecule has 22 heavy (non-hydrogen) atoms. The molecule has 0 unspecified atom stereocenters. The zero-order valence-corrected chi connectivity index (χ0v) is 14.5. The van der Waals surface area contributed by atoms with Crippen LogP contribution in [0.25, 0.3) is 5.69 Å². The van der Waals surface area contributed by atoms with Crippen molar-refractivity contribution in [1.29, 1.82) is 0 Å². The average molecular weight is 432 g/mol. The average Bonchev–Trinajstić information content (AvgIpc) is 2.84. The molecule has 0 spiro atoms. The normalized spacial score (nSPS) is 12.2. The second-order valence-corrected chi connectivity index (χ2v) is 6.28. The van der Waals surface area contributed by atoms with Crippen LogP contribution in [-0.4, -0.2) is 30.0 Å². The third kappa shape index (κ3) is 3.50. The lowest BCUT2D eigenvalue weighted by Gasteiger charge is -2.09. The van der Waals surface area contributed by atoms with Gasteiger partial charge in [0.2, 0.25) is 0 Å². The molecule has 8 nitrogen and oxygen atoms in total. The van der Waals surface area contributed by atoms with Gasteiger partial charge in [-0.15, -0.1) is 0 Å². The molecule has 0 aliphatic rings. The topological polar surface area (TPSA) is 111 Å². The van der Waals surface area contributed by atoms with Crippen LogP contribution in [0, 0.1) is 3.57 Å². The number of aryl methyl sites for hydroxylation is 1. The van der Waals surface area contributed by atoms with Gasteiger partial charge in [0.1, 0.15) is 5.04 Å². The van der Waals surface area contributed by atoms with E-state index < -0.39 is 0 Å². The fourth-order valence-electron chi connectivity index (χ4n) is 1.69. The van der Waals surface area contributed by atoms with E-state index in [9.17, 15) is 4.79 Å². The Kier molecular flexibility index (Phi) is 5.60. The van der Waals surface area contributed by atoms with E-state index >= 15 is 0 Å². The highest BCUT2D eigenvalue weighted by molar-refractivity contribution is 14.1.